The first kappa shape index (κ1) is 14.4. The molecule has 0 aliphatic carbocycles. The second kappa shape index (κ2) is 5.96. The lowest BCUT2D eigenvalue weighted by molar-refractivity contribution is 0.643. The third-order valence-electron chi connectivity index (χ3n) is 2.46. The van der Waals surface area contributed by atoms with Crippen molar-refractivity contribution in [2.45, 2.75) is 47.1 Å². The molecule has 19 heavy (non-hydrogen) atoms. The molecule has 104 valence electrons. The van der Waals surface area contributed by atoms with Crippen LogP contribution in [0, 0.1) is 12.8 Å². The molecule has 2 aromatic heterocycles. The fraction of sp³-hybridized carbons (Fsp3) is 0.615. The topological polar surface area (TPSA) is 50.7 Å². The maximum Gasteiger partial charge on any atom is 0.206 e. The van der Waals surface area contributed by atoms with Gasteiger partial charge in [0.1, 0.15) is 0 Å². The van der Waals surface area contributed by atoms with Gasteiger partial charge in [0.15, 0.2) is 5.01 Å². The number of nitrogens with one attached hydrogen (secondary N) is 1. The van der Waals surface area contributed by atoms with Gasteiger partial charge in [-0.2, -0.15) is 0 Å². The minimum atomic E-state index is 0.375. The van der Waals surface area contributed by atoms with Gasteiger partial charge in [0.05, 0.1) is 15.6 Å². The average molecular weight is 296 g/mol. The van der Waals surface area contributed by atoms with Gasteiger partial charge in [-0.1, -0.05) is 25.2 Å². The molecule has 4 nitrogen and oxygen atoms in total. The summed E-state index contributed by atoms with van der Waals surface area (Å²) in [5.74, 6) is 0.631. The maximum absolute atomic E-state index is 4.63. The lowest BCUT2D eigenvalue weighted by Gasteiger charge is -2.02. The molecule has 0 aromatic carbocycles. The predicted octanol–water partition coefficient (Wildman–Crippen LogP) is 3.99. The van der Waals surface area contributed by atoms with Gasteiger partial charge < -0.3 is 5.32 Å². The summed E-state index contributed by atoms with van der Waals surface area (Å²) in [6.45, 7) is 10.7. The zero-order valence-electron chi connectivity index (χ0n) is 12.0. The second-order valence-electron chi connectivity index (χ2n) is 5.33. The van der Waals surface area contributed by atoms with E-state index in [0.29, 0.717) is 12.0 Å². The zero-order valence-corrected chi connectivity index (χ0v) is 13.7. The molecule has 0 radical (unpaired) electrons. The molecule has 0 atom stereocenters. The lowest BCUT2D eigenvalue weighted by Crippen LogP contribution is -2.08. The third-order valence-corrected chi connectivity index (χ3v) is 4.64. The molecule has 0 spiro atoms. The van der Waals surface area contributed by atoms with E-state index in [4.69, 9.17) is 0 Å². The third kappa shape index (κ3) is 3.73. The molecule has 2 heterocycles. The minimum absolute atomic E-state index is 0.375. The number of hydrogen-bond acceptors (Lipinski definition) is 6. The summed E-state index contributed by atoms with van der Waals surface area (Å²) in [7, 11) is 0. The summed E-state index contributed by atoms with van der Waals surface area (Å²) >= 11 is 3.34. The minimum Gasteiger partial charge on any atom is -0.358 e. The van der Waals surface area contributed by atoms with Crippen molar-refractivity contribution in [1.29, 1.82) is 0 Å². The Hall–Kier alpha value is -1.01. The van der Waals surface area contributed by atoms with Gasteiger partial charge in [0.2, 0.25) is 5.13 Å². The fourth-order valence-corrected chi connectivity index (χ4v) is 4.00. The number of nitrogens with zero attached hydrogens (tertiary/aromatic N) is 3. The number of anilines is 1. The van der Waals surface area contributed by atoms with Crippen molar-refractivity contribution in [3.05, 3.63) is 10.7 Å². The smallest absolute Gasteiger partial charge is 0.206 e. The number of aryl methyl sites for hydroxylation is 1. The highest BCUT2D eigenvalue weighted by Gasteiger charge is 2.15. The van der Waals surface area contributed by atoms with E-state index < -0.39 is 0 Å². The highest BCUT2D eigenvalue weighted by Crippen LogP contribution is 2.34. The molecule has 2 aromatic rings. The van der Waals surface area contributed by atoms with Gasteiger partial charge in [-0.25, -0.2) is 4.98 Å². The first-order valence-corrected chi connectivity index (χ1v) is 8.15. The van der Waals surface area contributed by atoms with Crippen LogP contribution in [0.15, 0.2) is 0 Å². The van der Waals surface area contributed by atoms with Crippen LogP contribution in [0.4, 0.5) is 5.13 Å². The van der Waals surface area contributed by atoms with Crippen LogP contribution in [-0.2, 0) is 6.42 Å². The molecule has 0 aliphatic rings. The Labute approximate surface area is 122 Å². The first-order valence-electron chi connectivity index (χ1n) is 6.52. The van der Waals surface area contributed by atoms with Crippen molar-refractivity contribution < 1.29 is 0 Å². The van der Waals surface area contributed by atoms with Crippen LogP contribution in [0.1, 0.15) is 38.4 Å². The van der Waals surface area contributed by atoms with Crippen LogP contribution in [0.25, 0.3) is 9.88 Å². The predicted molar refractivity (Wildman–Crippen MR) is 83.1 cm³/mol. The Morgan fingerprint density at radius 2 is 1.84 bits per heavy atom. The van der Waals surface area contributed by atoms with Crippen LogP contribution in [0.3, 0.4) is 0 Å². The zero-order chi connectivity index (χ0) is 14.0. The van der Waals surface area contributed by atoms with E-state index in [1.165, 1.54) is 5.01 Å². The average Bonchev–Trinajstić information content (AvgIpc) is 2.83. The Bertz CT molecular complexity index is 543. The van der Waals surface area contributed by atoms with Gasteiger partial charge in [-0.3, -0.25) is 0 Å². The van der Waals surface area contributed by atoms with Crippen molar-refractivity contribution in [1.82, 2.24) is 15.2 Å². The van der Waals surface area contributed by atoms with Crippen LogP contribution in [-0.4, -0.2) is 21.2 Å². The van der Waals surface area contributed by atoms with Crippen LogP contribution in [0.5, 0.6) is 0 Å². The van der Waals surface area contributed by atoms with Gasteiger partial charge in [-0.05, 0) is 26.7 Å². The van der Waals surface area contributed by atoms with Crippen molar-refractivity contribution in [3.63, 3.8) is 0 Å². The highest BCUT2D eigenvalue weighted by atomic mass is 32.1. The van der Waals surface area contributed by atoms with Crippen molar-refractivity contribution in [3.8, 4) is 9.88 Å². The summed E-state index contributed by atoms with van der Waals surface area (Å²) in [6, 6.07) is 0.375. The molecular formula is C13H20N4S2. The number of rotatable bonds is 5. The normalized spacial score (nSPS) is 11.5. The molecule has 6 heteroatoms. The molecule has 0 unspecified atom stereocenters. The Morgan fingerprint density at radius 1 is 1.11 bits per heavy atom. The highest BCUT2D eigenvalue weighted by molar-refractivity contribution is 7.23. The Balaban J connectivity index is 2.21. The number of aromatic nitrogens is 3. The van der Waals surface area contributed by atoms with Crippen molar-refractivity contribution >= 4 is 27.8 Å². The molecule has 2 rings (SSSR count). The molecule has 0 saturated heterocycles. The SMILES string of the molecule is Cc1nc(CC(C)C)sc1-c1nnc(NC(C)C)s1. The van der Waals surface area contributed by atoms with E-state index >= 15 is 0 Å². The van der Waals surface area contributed by atoms with Gasteiger partial charge in [0, 0.05) is 12.5 Å². The van der Waals surface area contributed by atoms with Gasteiger partial charge in [0.25, 0.3) is 0 Å². The summed E-state index contributed by atoms with van der Waals surface area (Å²) in [6.07, 6.45) is 1.03. The summed E-state index contributed by atoms with van der Waals surface area (Å²) < 4.78 is 0. The van der Waals surface area contributed by atoms with Crippen molar-refractivity contribution in [2.75, 3.05) is 5.32 Å². The largest absolute Gasteiger partial charge is 0.358 e. The molecule has 0 bridgehead atoms. The fourth-order valence-electron chi connectivity index (χ4n) is 1.71. The summed E-state index contributed by atoms with van der Waals surface area (Å²) in [5, 5.41) is 14.8. The second-order valence-corrected chi connectivity index (χ2v) is 7.39. The monoisotopic (exact) mass is 296 g/mol. The van der Waals surface area contributed by atoms with Gasteiger partial charge >= 0.3 is 0 Å². The molecule has 0 amide bonds. The Kier molecular flexibility index (Phi) is 4.52. The van der Waals surface area contributed by atoms with E-state index in [9.17, 15) is 0 Å². The van der Waals surface area contributed by atoms with E-state index in [2.05, 4.69) is 48.2 Å². The molecular weight excluding hydrogens is 276 g/mol. The Morgan fingerprint density at radius 3 is 2.47 bits per heavy atom. The quantitative estimate of drug-likeness (QED) is 0.906. The maximum atomic E-state index is 4.63. The van der Waals surface area contributed by atoms with Crippen LogP contribution < -0.4 is 5.32 Å². The van der Waals surface area contributed by atoms with Crippen LogP contribution >= 0.6 is 22.7 Å². The van der Waals surface area contributed by atoms with E-state index in [0.717, 1.165) is 27.1 Å². The lowest BCUT2D eigenvalue weighted by atomic mass is 10.1. The number of hydrogen-bond donors (Lipinski definition) is 1. The first-order chi connectivity index (χ1) is 8.95. The molecule has 0 saturated carbocycles. The van der Waals surface area contributed by atoms with E-state index in [1.54, 1.807) is 22.7 Å². The molecule has 0 aliphatic heterocycles. The van der Waals surface area contributed by atoms with E-state index in [1.807, 2.05) is 6.92 Å². The van der Waals surface area contributed by atoms with Crippen molar-refractivity contribution in [2.24, 2.45) is 5.92 Å². The standard InChI is InChI=1S/C13H20N4S2/c1-7(2)6-10-15-9(5)11(18-10)12-16-17-13(19-12)14-8(3)4/h7-8H,6H2,1-5H3,(H,14,17). The molecule has 1 N–H and O–H groups in total. The van der Waals surface area contributed by atoms with E-state index in [-0.39, 0.29) is 0 Å². The van der Waals surface area contributed by atoms with Crippen LogP contribution in [0.2, 0.25) is 0 Å². The summed E-state index contributed by atoms with van der Waals surface area (Å²) in [4.78, 5) is 5.79. The molecule has 0 fully saturated rings. The summed E-state index contributed by atoms with van der Waals surface area (Å²) in [5.41, 5.74) is 1.06. The van der Waals surface area contributed by atoms with Gasteiger partial charge in [-0.15, -0.1) is 21.5 Å². The number of thiazole rings is 1.